The molecule has 0 aliphatic rings. The average Bonchev–Trinajstić information content (AvgIpc) is 2.26. The number of hydrogen-bond donors (Lipinski definition) is 2. The molecule has 1 rings (SSSR count). The highest BCUT2D eigenvalue weighted by Crippen LogP contribution is 2.15. The SMILES string of the molecule is C[C@H](NC(=O)OC(C)(C)C)[C@@H](O)c1ccc(F)cn1. The van der Waals surface area contributed by atoms with E-state index in [1.165, 1.54) is 12.1 Å². The minimum Gasteiger partial charge on any atom is -0.444 e. The molecule has 0 aromatic carbocycles. The Bertz CT molecular complexity index is 429. The molecule has 0 saturated heterocycles. The highest BCUT2D eigenvalue weighted by molar-refractivity contribution is 5.68. The fraction of sp³-hybridized carbons (Fsp3) is 0.538. The first kappa shape index (κ1) is 15.4. The normalized spacial score (nSPS) is 14.6. The molecule has 0 aliphatic heterocycles. The van der Waals surface area contributed by atoms with Gasteiger partial charge in [-0.1, -0.05) is 0 Å². The van der Waals surface area contributed by atoms with Gasteiger partial charge in [-0.3, -0.25) is 4.98 Å². The van der Waals surface area contributed by atoms with Gasteiger partial charge in [0.05, 0.1) is 17.9 Å². The van der Waals surface area contributed by atoms with Crippen LogP contribution < -0.4 is 5.32 Å². The molecule has 1 heterocycles. The molecule has 19 heavy (non-hydrogen) atoms. The van der Waals surface area contributed by atoms with Crippen molar-refractivity contribution in [2.45, 2.75) is 45.4 Å². The van der Waals surface area contributed by atoms with E-state index in [1.807, 2.05) is 0 Å². The summed E-state index contributed by atoms with van der Waals surface area (Å²) < 4.78 is 17.8. The lowest BCUT2D eigenvalue weighted by atomic mass is 10.1. The molecule has 5 nitrogen and oxygen atoms in total. The van der Waals surface area contributed by atoms with Gasteiger partial charge in [-0.05, 0) is 39.8 Å². The number of alkyl carbamates (subject to hydrolysis) is 1. The Kier molecular flexibility index (Phi) is 4.83. The van der Waals surface area contributed by atoms with Crippen LogP contribution in [0.1, 0.15) is 39.5 Å². The zero-order valence-corrected chi connectivity index (χ0v) is 11.5. The van der Waals surface area contributed by atoms with Gasteiger partial charge in [0.2, 0.25) is 0 Å². The number of hydrogen-bond acceptors (Lipinski definition) is 4. The van der Waals surface area contributed by atoms with Gasteiger partial charge in [-0.2, -0.15) is 0 Å². The second kappa shape index (κ2) is 5.97. The van der Waals surface area contributed by atoms with Crippen molar-refractivity contribution in [2.24, 2.45) is 0 Å². The summed E-state index contributed by atoms with van der Waals surface area (Å²) in [5, 5.41) is 12.5. The summed E-state index contributed by atoms with van der Waals surface area (Å²) in [6.45, 7) is 6.85. The Hall–Kier alpha value is -1.69. The highest BCUT2D eigenvalue weighted by atomic mass is 19.1. The van der Waals surface area contributed by atoms with Crippen molar-refractivity contribution < 1.29 is 19.0 Å². The number of nitrogens with one attached hydrogen (secondary N) is 1. The molecule has 1 aromatic heterocycles. The zero-order valence-electron chi connectivity index (χ0n) is 11.5. The van der Waals surface area contributed by atoms with E-state index < -0.39 is 29.7 Å². The molecule has 0 aliphatic carbocycles. The Morgan fingerprint density at radius 2 is 2.11 bits per heavy atom. The summed E-state index contributed by atoms with van der Waals surface area (Å²) in [4.78, 5) is 15.3. The number of aliphatic hydroxyl groups is 1. The second-order valence-corrected chi connectivity index (χ2v) is 5.28. The largest absolute Gasteiger partial charge is 0.444 e. The number of halogens is 1. The van der Waals surface area contributed by atoms with E-state index in [9.17, 15) is 14.3 Å². The molecule has 1 aromatic rings. The number of rotatable bonds is 3. The number of amides is 1. The molecule has 0 saturated carbocycles. The molecule has 0 unspecified atom stereocenters. The minimum absolute atomic E-state index is 0.282. The first-order valence-electron chi connectivity index (χ1n) is 5.98. The van der Waals surface area contributed by atoms with Crippen molar-refractivity contribution in [3.8, 4) is 0 Å². The molecule has 106 valence electrons. The fourth-order valence-electron chi connectivity index (χ4n) is 1.39. The van der Waals surface area contributed by atoms with Gasteiger partial charge in [0.1, 0.15) is 17.5 Å². The number of pyridine rings is 1. The van der Waals surface area contributed by atoms with E-state index in [-0.39, 0.29) is 5.69 Å². The van der Waals surface area contributed by atoms with Crippen LogP contribution in [0.2, 0.25) is 0 Å². The van der Waals surface area contributed by atoms with Crippen LogP contribution >= 0.6 is 0 Å². The molecule has 2 N–H and O–H groups in total. The van der Waals surface area contributed by atoms with E-state index >= 15 is 0 Å². The Morgan fingerprint density at radius 1 is 1.47 bits per heavy atom. The molecule has 6 heteroatoms. The third-order valence-corrected chi connectivity index (χ3v) is 2.27. The standard InChI is InChI=1S/C13H19FN2O3/c1-8(16-12(18)19-13(2,3)4)11(17)10-6-5-9(14)7-15-10/h5-8,11,17H,1-4H3,(H,16,18)/t8-,11+/m0/s1. The maximum atomic E-state index is 12.7. The number of nitrogens with zero attached hydrogens (tertiary/aromatic N) is 1. The Morgan fingerprint density at radius 3 is 2.58 bits per heavy atom. The number of ether oxygens (including phenoxy) is 1. The zero-order chi connectivity index (χ0) is 14.6. The van der Waals surface area contributed by atoms with Crippen LogP contribution in [0, 0.1) is 5.82 Å². The van der Waals surface area contributed by atoms with E-state index in [0.717, 1.165) is 6.20 Å². The Balaban J connectivity index is 2.60. The van der Waals surface area contributed by atoms with Crippen LogP contribution in [0.25, 0.3) is 0 Å². The lowest BCUT2D eigenvalue weighted by Crippen LogP contribution is -2.40. The van der Waals surface area contributed by atoms with Gasteiger partial charge in [-0.15, -0.1) is 0 Å². The molecular weight excluding hydrogens is 251 g/mol. The van der Waals surface area contributed by atoms with E-state index in [2.05, 4.69) is 10.3 Å². The second-order valence-electron chi connectivity index (χ2n) is 5.28. The minimum atomic E-state index is -1.03. The summed E-state index contributed by atoms with van der Waals surface area (Å²) in [6.07, 6.45) is -0.645. The maximum Gasteiger partial charge on any atom is 0.407 e. The molecule has 0 bridgehead atoms. The van der Waals surface area contributed by atoms with Gasteiger partial charge in [0.25, 0.3) is 0 Å². The first-order valence-corrected chi connectivity index (χ1v) is 5.98. The summed E-state index contributed by atoms with van der Waals surface area (Å²) >= 11 is 0. The average molecular weight is 270 g/mol. The van der Waals surface area contributed by atoms with Crippen molar-refractivity contribution in [1.29, 1.82) is 0 Å². The predicted octanol–water partition coefficient (Wildman–Crippen LogP) is 2.17. The summed E-state index contributed by atoms with van der Waals surface area (Å²) in [7, 11) is 0. The topological polar surface area (TPSA) is 71.5 Å². The highest BCUT2D eigenvalue weighted by Gasteiger charge is 2.23. The number of aromatic nitrogens is 1. The number of aliphatic hydroxyl groups excluding tert-OH is 1. The van der Waals surface area contributed by atoms with E-state index in [4.69, 9.17) is 4.74 Å². The summed E-state index contributed by atoms with van der Waals surface area (Å²) in [6, 6.07) is 1.96. The molecule has 0 fully saturated rings. The van der Waals surface area contributed by atoms with Crippen molar-refractivity contribution in [3.63, 3.8) is 0 Å². The van der Waals surface area contributed by atoms with Crippen LogP contribution in [0.15, 0.2) is 18.3 Å². The van der Waals surface area contributed by atoms with Gasteiger partial charge in [0.15, 0.2) is 0 Å². The molecule has 2 atom stereocenters. The molecule has 0 radical (unpaired) electrons. The summed E-state index contributed by atoms with van der Waals surface area (Å²) in [5.74, 6) is -0.483. The van der Waals surface area contributed by atoms with Gasteiger partial charge >= 0.3 is 6.09 Å². The number of carbonyl (C=O) groups is 1. The fourth-order valence-corrected chi connectivity index (χ4v) is 1.39. The van der Waals surface area contributed by atoms with Crippen molar-refractivity contribution in [1.82, 2.24) is 10.3 Å². The monoisotopic (exact) mass is 270 g/mol. The third-order valence-electron chi connectivity index (χ3n) is 2.27. The van der Waals surface area contributed by atoms with Crippen molar-refractivity contribution in [2.75, 3.05) is 0 Å². The van der Waals surface area contributed by atoms with E-state index in [0.29, 0.717) is 0 Å². The predicted molar refractivity (Wildman–Crippen MR) is 68.0 cm³/mol. The van der Waals surface area contributed by atoms with Crippen molar-refractivity contribution >= 4 is 6.09 Å². The van der Waals surface area contributed by atoms with Crippen LogP contribution in [-0.4, -0.2) is 27.8 Å². The van der Waals surface area contributed by atoms with Crippen molar-refractivity contribution in [3.05, 3.63) is 29.8 Å². The van der Waals surface area contributed by atoms with Gasteiger partial charge in [-0.25, -0.2) is 9.18 Å². The summed E-state index contributed by atoms with van der Waals surface area (Å²) in [5.41, 5.74) is -0.326. The maximum absolute atomic E-state index is 12.7. The van der Waals surface area contributed by atoms with Crippen LogP contribution in [0.3, 0.4) is 0 Å². The lowest BCUT2D eigenvalue weighted by Gasteiger charge is -2.24. The lowest BCUT2D eigenvalue weighted by molar-refractivity contribution is 0.0432. The van der Waals surface area contributed by atoms with Crippen LogP contribution in [0.5, 0.6) is 0 Å². The molecule has 0 spiro atoms. The molecular formula is C13H19FN2O3. The Labute approximate surface area is 111 Å². The van der Waals surface area contributed by atoms with E-state index in [1.54, 1.807) is 27.7 Å². The van der Waals surface area contributed by atoms with Gasteiger partial charge in [0, 0.05) is 0 Å². The van der Waals surface area contributed by atoms with Gasteiger partial charge < -0.3 is 15.2 Å². The first-order chi connectivity index (χ1) is 8.69. The number of carbonyl (C=O) groups excluding carboxylic acids is 1. The third kappa shape index (κ3) is 5.21. The van der Waals surface area contributed by atoms with Crippen LogP contribution in [0.4, 0.5) is 9.18 Å². The quantitative estimate of drug-likeness (QED) is 0.883. The molecule has 1 amide bonds. The van der Waals surface area contributed by atoms with Crippen LogP contribution in [-0.2, 0) is 4.74 Å². The smallest absolute Gasteiger partial charge is 0.407 e.